The summed E-state index contributed by atoms with van der Waals surface area (Å²) in [5.74, 6) is 0.970. The van der Waals surface area contributed by atoms with Gasteiger partial charge in [-0.25, -0.2) is 4.79 Å². The van der Waals surface area contributed by atoms with E-state index in [-0.39, 0.29) is 5.92 Å². The van der Waals surface area contributed by atoms with Crippen molar-refractivity contribution >= 4 is 23.8 Å². The lowest BCUT2D eigenvalue weighted by atomic mass is 9.85. The molecule has 0 aliphatic carbocycles. The van der Waals surface area contributed by atoms with Gasteiger partial charge in [0.25, 0.3) is 0 Å². The highest BCUT2D eigenvalue weighted by molar-refractivity contribution is 7.99. The van der Waals surface area contributed by atoms with Crippen LogP contribution in [0.2, 0.25) is 0 Å². The molecule has 0 aromatic carbocycles. The Bertz CT molecular complexity index is 927. The number of carbonyl (C=O) groups is 2. The van der Waals surface area contributed by atoms with Gasteiger partial charge in [0.1, 0.15) is 41.5 Å². The molecule has 0 bridgehead atoms. The van der Waals surface area contributed by atoms with E-state index >= 15 is 0 Å². The molecule has 42 heavy (non-hydrogen) atoms. The van der Waals surface area contributed by atoms with Crippen molar-refractivity contribution in [2.24, 2.45) is 17.8 Å². The number of hydrogen-bond donors (Lipinski definition) is 4. The maximum Gasteiger partial charge on any atom is 0.411 e. The summed E-state index contributed by atoms with van der Waals surface area (Å²) in [6, 6.07) is -1.67. The predicted molar refractivity (Wildman–Crippen MR) is 163 cm³/mol. The number of aliphatic hydroxyl groups is 3. The summed E-state index contributed by atoms with van der Waals surface area (Å²) in [7, 11) is 0. The van der Waals surface area contributed by atoms with Crippen LogP contribution < -0.4 is 5.32 Å². The number of nitrogens with one attached hydrogen (secondary N) is 1. The van der Waals surface area contributed by atoms with Crippen LogP contribution in [0.5, 0.6) is 0 Å². The van der Waals surface area contributed by atoms with Gasteiger partial charge in [-0.05, 0) is 64.7 Å². The SMILES string of the molecule is C=CCC[C@@H](NC(=O)[C@@H]1[C@@H]2OCC[C@@H](CC(C)C)C[C@H]2CN1C(=O)OC(C)(C)C)C1OC(SCC=C)C(O)C(O)C1O. The highest BCUT2D eigenvalue weighted by Crippen LogP contribution is 2.38. The number of amides is 2. The Morgan fingerprint density at radius 2 is 1.86 bits per heavy atom. The number of allylic oxidation sites excluding steroid dienone is 1. The molecule has 0 aromatic heterocycles. The van der Waals surface area contributed by atoms with Crippen molar-refractivity contribution in [1.82, 2.24) is 10.2 Å². The lowest BCUT2D eigenvalue weighted by Gasteiger charge is -2.43. The van der Waals surface area contributed by atoms with Gasteiger partial charge in [-0.15, -0.1) is 24.9 Å². The average molecular weight is 613 g/mol. The Hall–Kier alpha value is -1.63. The summed E-state index contributed by atoms with van der Waals surface area (Å²) in [5.41, 5.74) is -1.57. The third-order valence-electron chi connectivity index (χ3n) is 8.11. The van der Waals surface area contributed by atoms with Crippen LogP contribution in [-0.2, 0) is 19.0 Å². The maximum atomic E-state index is 14.1. The first-order valence-electron chi connectivity index (χ1n) is 15.2. The molecule has 3 aliphatic rings. The smallest absolute Gasteiger partial charge is 0.411 e. The molecule has 10 nitrogen and oxygen atoms in total. The fraction of sp³-hybridized carbons (Fsp3) is 0.806. The lowest BCUT2D eigenvalue weighted by Crippen LogP contribution is -2.64. The molecular formula is C31H52N2O8S. The molecule has 3 saturated heterocycles. The summed E-state index contributed by atoms with van der Waals surface area (Å²) in [6.45, 7) is 18.1. The van der Waals surface area contributed by atoms with Crippen molar-refractivity contribution in [3.05, 3.63) is 25.3 Å². The molecule has 3 fully saturated rings. The van der Waals surface area contributed by atoms with Crippen LogP contribution in [0.4, 0.5) is 4.79 Å². The molecule has 3 rings (SSSR count). The average Bonchev–Trinajstić information content (AvgIpc) is 3.15. The number of thioether (sulfide) groups is 1. The summed E-state index contributed by atoms with van der Waals surface area (Å²) < 4.78 is 18.1. The fourth-order valence-corrected chi connectivity index (χ4v) is 7.22. The largest absolute Gasteiger partial charge is 0.444 e. The standard InChI is InChI=1S/C31H52N2O8S/c1-8-10-11-21(27-24(35)23(34)25(36)29(40-27)42-14-9-2)32-28(37)22-26-20(16-19(12-13-39-26)15-18(3)4)17-33(22)30(38)41-31(5,6)7/h8-9,18-27,29,34-36H,1-2,10-17H2,3-7H3,(H,32,37)/t19-,20-,21+,22-,23?,24?,25?,26+,27?,29?/m0/s1. The van der Waals surface area contributed by atoms with Crippen LogP contribution in [0, 0.1) is 17.8 Å². The summed E-state index contributed by atoms with van der Waals surface area (Å²) >= 11 is 1.25. The number of rotatable bonds is 11. The molecule has 11 heteroatoms. The van der Waals surface area contributed by atoms with E-state index in [9.17, 15) is 24.9 Å². The zero-order valence-corrected chi connectivity index (χ0v) is 26.6. The van der Waals surface area contributed by atoms with Gasteiger partial charge in [0.2, 0.25) is 5.91 Å². The van der Waals surface area contributed by atoms with E-state index in [1.807, 2.05) is 0 Å². The van der Waals surface area contributed by atoms with Crippen molar-refractivity contribution in [1.29, 1.82) is 0 Å². The molecule has 3 aliphatic heterocycles. The second-order valence-electron chi connectivity index (χ2n) is 13.2. The molecule has 0 aromatic rings. The summed E-state index contributed by atoms with van der Waals surface area (Å²) in [4.78, 5) is 29.0. The van der Waals surface area contributed by atoms with E-state index in [1.54, 1.807) is 32.9 Å². The Balaban J connectivity index is 1.88. The van der Waals surface area contributed by atoms with E-state index in [1.165, 1.54) is 16.7 Å². The Morgan fingerprint density at radius 1 is 1.14 bits per heavy atom. The monoisotopic (exact) mass is 612 g/mol. The van der Waals surface area contributed by atoms with Crippen LogP contribution in [0.15, 0.2) is 25.3 Å². The molecule has 10 atom stereocenters. The van der Waals surface area contributed by atoms with Crippen LogP contribution in [0.25, 0.3) is 0 Å². The molecule has 4 N–H and O–H groups in total. The topological polar surface area (TPSA) is 138 Å². The van der Waals surface area contributed by atoms with Crippen molar-refractivity contribution in [2.45, 2.75) is 120 Å². The number of likely N-dealkylation sites (tertiary alicyclic amines) is 1. The molecule has 0 spiro atoms. The first-order chi connectivity index (χ1) is 19.8. The predicted octanol–water partition coefficient (Wildman–Crippen LogP) is 3.24. The second kappa shape index (κ2) is 15.4. The molecule has 0 radical (unpaired) electrons. The van der Waals surface area contributed by atoms with Crippen LogP contribution in [0.1, 0.15) is 66.7 Å². The van der Waals surface area contributed by atoms with Gasteiger partial charge in [-0.1, -0.05) is 26.0 Å². The van der Waals surface area contributed by atoms with Gasteiger partial charge in [0.15, 0.2) is 0 Å². The van der Waals surface area contributed by atoms with Crippen LogP contribution >= 0.6 is 11.8 Å². The molecule has 2 amide bonds. The van der Waals surface area contributed by atoms with Gasteiger partial charge >= 0.3 is 6.09 Å². The van der Waals surface area contributed by atoms with Crippen LogP contribution in [0.3, 0.4) is 0 Å². The van der Waals surface area contributed by atoms with Gasteiger partial charge in [0, 0.05) is 24.8 Å². The number of carbonyl (C=O) groups excluding carboxylic acids is 2. The third-order valence-corrected chi connectivity index (χ3v) is 9.25. The number of hydrogen-bond acceptors (Lipinski definition) is 9. The quantitative estimate of drug-likeness (QED) is 0.259. The van der Waals surface area contributed by atoms with Crippen LogP contribution in [-0.4, -0.2) is 105 Å². The molecule has 3 heterocycles. The minimum atomic E-state index is -1.47. The summed E-state index contributed by atoms with van der Waals surface area (Å²) in [6.07, 6.45) is 0.718. The van der Waals surface area contributed by atoms with Crippen molar-refractivity contribution in [2.75, 3.05) is 18.9 Å². The fourth-order valence-electron chi connectivity index (χ4n) is 6.33. The van der Waals surface area contributed by atoms with E-state index in [4.69, 9.17) is 14.2 Å². The highest BCUT2D eigenvalue weighted by atomic mass is 32.2. The van der Waals surface area contributed by atoms with E-state index in [0.29, 0.717) is 43.6 Å². The van der Waals surface area contributed by atoms with E-state index in [0.717, 1.165) is 19.3 Å². The number of ether oxygens (including phenoxy) is 3. The summed E-state index contributed by atoms with van der Waals surface area (Å²) in [5, 5.41) is 35.1. The molecule has 5 unspecified atom stereocenters. The number of nitrogens with zero attached hydrogens (tertiary/aromatic N) is 1. The first kappa shape index (κ1) is 34.9. The lowest BCUT2D eigenvalue weighted by molar-refractivity contribution is -0.205. The normalized spacial score (nSPS) is 34.3. The Kier molecular flexibility index (Phi) is 12.8. The van der Waals surface area contributed by atoms with Gasteiger partial charge in [0.05, 0.1) is 12.1 Å². The Morgan fingerprint density at radius 3 is 2.48 bits per heavy atom. The van der Waals surface area contributed by atoms with Gasteiger partial charge in [-0.3, -0.25) is 9.69 Å². The highest BCUT2D eigenvalue weighted by Gasteiger charge is 2.53. The molecular weight excluding hydrogens is 560 g/mol. The minimum absolute atomic E-state index is 0.0284. The maximum absolute atomic E-state index is 14.1. The Labute approximate surface area is 255 Å². The molecule has 0 saturated carbocycles. The van der Waals surface area contributed by atoms with Gasteiger partial charge in [-0.2, -0.15) is 0 Å². The van der Waals surface area contributed by atoms with Gasteiger partial charge < -0.3 is 34.8 Å². The van der Waals surface area contributed by atoms with E-state index < -0.39 is 65.6 Å². The number of aliphatic hydroxyl groups excluding tert-OH is 3. The zero-order chi connectivity index (χ0) is 31.2. The third kappa shape index (κ3) is 8.95. The van der Waals surface area contributed by atoms with Crippen molar-refractivity contribution in [3.8, 4) is 0 Å². The first-order valence-corrected chi connectivity index (χ1v) is 16.3. The minimum Gasteiger partial charge on any atom is -0.444 e. The zero-order valence-electron chi connectivity index (χ0n) is 25.8. The van der Waals surface area contributed by atoms with E-state index in [2.05, 4.69) is 32.3 Å². The van der Waals surface area contributed by atoms with Crippen molar-refractivity contribution in [3.63, 3.8) is 0 Å². The number of fused-ring (bicyclic) bond motifs is 1. The van der Waals surface area contributed by atoms with Crippen molar-refractivity contribution < 1.29 is 39.1 Å². The molecule has 240 valence electrons. The second-order valence-corrected chi connectivity index (χ2v) is 14.4.